The standard InChI is InChI=1S/C11H17F3N2O3/c1-2-5-16(8-3-4-8)10(19)15(6-9(17)18)7-11(12,13)14/h8H,2-7H2,1H3,(H,17,18). The molecular weight excluding hydrogens is 265 g/mol. The summed E-state index contributed by atoms with van der Waals surface area (Å²) < 4.78 is 37.1. The number of carboxylic acids is 1. The molecule has 1 aliphatic carbocycles. The van der Waals surface area contributed by atoms with Gasteiger partial charge in [0.2, 0.25) is 0 Å². The van der Waals surface area contributed by atoms with Crippen molar-refractivity contribution >= 4 is 12.0 Å². The Bertz CT molecular complexity index is 343. The molecule has 0 aromatic carbocycles. The van der Waals surface area contributed by atoms with Crippen LogP contribution in [0.5, 0.6) is 0 Å². The minimum atomic E-state index is -4.60. The third-order valence-corrected chi connectivity index (χ3v) is 2.66. The van der Waals surface area contributed by atoms with Gasteiger partial charge in [-0.25, -0.2) is 4.79 Å². The number of hydrogen-bond acceptors (Lipinski definition) is 2. The van der Waals surface area contributed by atoms with Gasteiger partial charge in [0.1, 0.15) is 13.1 Å². The maximum atomic E-state index is 12.4. The summed E-state index contributed by atoms with van der Waals surface area (Å²) in [6, 6.07) is -0.888. The normalized spacial score (nSPS) is 15.2. The first-order chi connectivity index (χ1) is 8.74. The van der Waals surface area contributed by atoms with E-state index in [1.54, 1.807) is 0 Å². The van der Waals surface area contributed by atoms with Gasteiger partial charge in [0, 0.05) is 12.6 Å². The molecule has 0 atom stereocenters. The first-order valence-corrected chi connectivity index (χ1v) is 6.08. The number of nitrogens with zero attached hydrogens (tertiary/aromatic N) is 2. The van der Waals surface area contributed by atoms with E-state index in [1.807, 2.05) is 6.92 Å². The van der Waals surface area contributed by atoms with Gasteiger partial charge in [0.15, 0.2) is 0 Å². The lowest BCUT2D eigenvalue weighted by Gasteiger charge is -2.30. The van der Waals surface area contributed by atoms with Crippen LogP contribution in [0.15, 0.2) is 0 Å². The number of urea groups is 1. The van der Waals surface area contributed by atoms with Crippen LogP contribution in [-0.4, -0.2) is 58.8 Å². The number of alkyl halides is 3. The molecule has 0 saturated heterocycles. The molecule has 8 heteroatoms. The molecule has 2 amide bonds. The fourth-order valence-corrected chi connectivity index (χ4v) is 1.81. The summed E-state index contributed by atoms with van der Waals surface area (Å²) in [4.78, 5) is 24.3. The van der Waals surface area contributed by atoms with Gasteiger partial charge in [-0.3, -0.25) is 4.79 Å². The number of hydrogen-bond donors (Lipinski definition) is 1. The molecule has 0 unspecified atom stereocenters. The van der Waals surface area contributed by atoms with Crippen LogP contribution in [0.25, 0.3) is 0 Å². The molecule has 1 rings (SSSR count). The van der Waals surface area contributed by atoms with E-state index in [-0.39, 0.29) is 6.04 Å². The Balaban J connectivity index is 2.76. The van der Waals surface area contributed by atoms with Crippen molar-refractivity contribution in [1.29, 1.82) is 0 Å². The number of carbonyl (C=O) groups excluding carboxylic acids is 1. The first kappa shape index (κ1) is 15.6. The van der Waals surface area contributed by atoms with Gasteiger partial charge in [0.25, 0.3) is 0 Å². The van der Waals surface area contributed by atoms with Crippen molar-refractivity contribution in [3.63, 3.8) is 0 Å². The van der Waals surface area contributed by atoms with Crippen LogP contribution in [-0.2, 0) is 4.79 Å². The zero-order valence-corrected chi connectivity index (χ0v) is 10.6. The lowest BCUT2D eigenvalue weighted by Crippen LogP contribution is -2.49. The zero-order valence-electron chi connectivity index (χ0n) is 10.6. The van der Waals surface area contributed by atoms with E-state index in [4.69, 9.17) is 5.11 Å². The molecule has 1 fully saturated rings. The summed E-state index contributed by atoms with van der Waals surface area (Å²) in [6.07, 6.45) is -2.46. The zero-order chi connectivity index (χ0) is 14.6. The fourth-order valence-electron chi connectivity index (χ4n) is 1.81. The second-order valence-electron chi connectivity index (χ2n) is 4.57. The Kier molecular flexibility index (Phi) is 5.02. The van der Waals surface area contributed by atoms with Crippen molar-refractivity contribution < 1.29 is 27.9 Å². The highest BCUT2D eigenvalue weighted by molar-refractivity contribution is 5.80. The number of carboxylic acid groups (broad SMARTS) is 1. The molecule has 5 nitrogen and oxygen atoms in total. The first-order valence-electron chi connectivity index (χ1n) is 6.08. The van der Waals surface area contributed by atoms with Crippen LogP contribution in [0.2, 0.25) is 0 Å². The van der Waals surface area contributed by atoms with E-state index >= 15 is 0 Å². The third kappa shape index (κ3) is 5.35. The van der Waals surface area contributed by atoms with Crippen LogP contribution in [0.4, 0.5) is 18.0 Å². The van der Waals surface area contributed by atoms with Crippen molar-refractivity contribution in [2.45, 2.75) is 38.4 Å². The SMILES string of the molecule is CCCN(C(=O)N(CC(=O)O)CC(F)(F)F)C1CC1. The van der Waals surface area contributed by atoms with Crippen molar-refractivity contribution in [3.8, 4) is 0 Å². The van der Waals surface area contributed by atoms with Gasteiger partial charge >= 0.3 is 18.2 Å². The molecule has 0 aromatic rings. The molecule has 110 valence electrons. The number of rotatable bonds is 6. The summed E-state index contributed by atoms with van der Waals surface area (Å²) in [5, 5.41) is 8.62. The molecule has 0 aliphatic heterocycles. The second kappa shape index (κ2) is 6.12. The van der Waals surface area contributed by atoms with E-state index in [9.17, 15) is 22.8 Å². The van der Waals surface area contributed by atoms with Crippen LogP contribution in [0, 0.1) is 0 Å². The van der Waals surface area contributed by atoms with Gasteiger partial charge in [0.05, 0.1) is 0 Å². The molecule has 0 aromatic heterocycles. The predicted octanol–water partition coefficient (Wildman–Crippen LogP) is 1.93. The Morgan fingerprint density at radius 1 is 1.32 bits per heavy atom. The van der Waals surface area contributed by atoms with Crippen LogP contribution in [0.3, 0.4) is 0 Å². The highest BCUT2D eigenvalue weighted by Gasteiger charge is 2.39. The van der Waals surface area contributed by atoms with Crippen LogP contribution < -0.4 is 0 Å². The number of carbonyl (C=O) groups is 2. The fraction of sp³-hybridized carbons (Fsp3) is 0.818. The minimum absolute atomic E-state index is 0.0445. The lowest BCUT2D eigenvalue weighted by molar-refractivity contribution is -0.149. The topological polar surface area (TPSA) is 60.9 Å². The van der Waals surface area contributed by atoms with Crippen molar-refractivity contribution in [2.24, 2.45) is 0 Å². The quantitative estimate of drug-likeness (QED) is 0.809. The maximum absolute atomic E-state index is 12.4. The van der Waals surface area contributed by atoms with Crippen LogP contribution >= 0.6 is 0 Å². The van der Waals surface area contributed by atoms with E-state index in [2.05, 4.69) is 0 Å². The molecule has 0 radical (unpaired) electrons. The molecule has 0 bridgehead atoms. The average Bonchev–Trinajstić information content (AvgIpc) is 3.05. The van der Waals surface area contributed by atoms with Gasteiger partial charge in [-0.15, -0.1) is 0 Å². The Morgan fingerprint density at radius 2 is 1.89 bits per heavy atom. The predicted molar refractivity (Wildman–Crippen MR) is 60.7 cm³/mol. The Morgan fingerprint density at radius 3 is 2.26 bits per heavy atom. The highest BCUT2D eigenvalue weighted by Crippen LogP contribution is 2.28. The largest absolute Gasteiger partial charge is 0.480 e. The van der Waals surface area contributed by atoms with Gasteiger partial charge in [-0.2, -0.15) is 13.2 Å². The Labute approximate surface area is 109 Å². The van der Waals surface area contributed by atoms with Gasteiger partial charge < -0.3 is 14.9 Å². The molecule has 0 heterocycles. The molecular formula is C11H17F3N2O3. The van der Waals surface area contributed by atoms with Crippen LogP contribution in [0.1, 0.15) is 26.2 Å². The van der Waals surface area contributed by atoms with Crippen molar-refractivity contribution in [1.82, 2.24) is 9.80 Å². The van der Waals surface area contributed by atoms with E-state index in [0.29, 0.717) is 17.9 Å². The van der Waals surface area contributed by atoms with Gasteiger partial charge in [-0.05, 0) is 19.3 Å². The molecule has 1 aliphatic rings. The Hall–Kier alpha value is -1.47. The third-order valence-electron chi connectivity index (χ3n) is 2.66. The van der Waals surface area contributed by atoms with E-state index < -0.39 is 31.3 Å². The molecule has 0 spiro atoms. The van der Waals surface area contributed by atoms with Crippen molar-refractivity contribution in [2.75, 3.05) is 19.6 Å². The minimum Gasteiger partial charge on any atom is -0.480 e. The number of halogens is 3. The smallest absolute Gasteiger partial charge is 0.406 e. The molecule has 1 saturated carbocycles. The summed E-state index contributed by atoms with van der Waals surface area (Å²) in [6.45, 7) is -0.318. The summed E-state index contributed by atoms with van der Waals surface area (Å²) in [7, 11) is 0. The number of aliphatic carboxylic acids is 1. The molecule has 19 heavy (non-hydrogen) atoms. The average molecular weight is 282 g/mol. The van der Waals surface area contributed by atoms with E-state index in [0.717, 1.165) is 12.8 Å². The summed E-state index contributed by atoms with van der Waals surface area (Å²) >= 11 is 0. The second-order valence-corrected chi connectivity index (χ2v) is 4.57. The highest BCUT2D eigenvalue weighted by atomic mass is 19.4. The lowest BCUT2D eigenvalue weighted by atomic mass is 10.4. The van der Waals surface area contributed by atoms with Gasteiger partial charge in [-0.1, -0.05) is 6.92 Å². The molecule has 1 N–H and O–H groups in total. The van der Waals surface area contributed by atoms with Crippen molar-refractivity contribution in [3.05, 3.63) is 0 Å². The monoisotopic (exact) mass is 282 g/mol. The summed E-state index contributed by atoms with van der Waals surface area (Å²) in [5.41, 5.74) is 0. The number of amides is 2. The maximum Gasteiger partial charge on any atom is 0.406 e. The van der Waals surface area contributed by atoms with E-state index in [1.165, 1.54) is 4.90 Å². The summed E-state index contributed by atoms with van der Waals surface area (Å²) in [5.74, 6) is -1.45.